The molecule has 18 heavy (non-hydrogen) atoms. The number of hydroxylamine groups is 1. The number of rotatable bonds is 2. The van der Waals surface area contributed by atoms with Crippen LogP contribution < -0.4 is 5.06 Å². The standard InChI is InChI=1S/C12H13NO5/c1-12(16)7-10(14)13(18-12)9-5-3-8(4-6-9)11(15)17-2/h3-6,16H,7H2,1-2H3/t12-/m1/s1. The van der Waals surface area contributed by atoms with Gasteiger partial charge in [0, 0.05) is 0 Å². The topological polar surface area (TPSA) is 76.1 Å². The molecule has 0 bridgehead atoms. The average molecular weight is 251 g/mol. The molecule has 1 aliphatic rings. The number of anilines is 1. The van der Waals surface area contributed by atoms with Crippen molar-refractivity contribution in [3.8, 4) is 0 Å². The van der Waals surface area contributed by atoms with E-state index in [-0.39, 0.29) is 12.3 Å². The lowest BCUT2D eigenvalue weighted by atomic mass is 10.2. The molecule has 0 aromatic heterocycles. The number of carbonyl (C=O) groups excluding carboxylic acids is 2. The van der Waals surface area contributed by atoms with Crippen molar-refractivity contribution in [3.63, 3.8) is 0 Å². The second-order valence-corrected chi connectivity index (χ2v) is 4.17. The van der Waals surface area contributed by atoms with E-state index < -0.39 is 11.8 Å². The Labute approximate surface area is 104 Å². The molecule has 1 aromatic carbocycles. The Balaban J connectivity index is 2.20. The highest BCUT2D eigenvalue weighted by Gasteiger charge is 2.40. The van der Waals surface area contributed by atoms with Gasteiger partial charge in [0.05, 0.1) is 24.8 Å². The number of aliphatic hydroxyl groups is 1. The summed E-state index contributed by atoms with van der Waals surface area (Å²) in [6.07, 6.45) is -0.105. The van der Waals surface area contributed by atoms with Crippen LogP contribution in [-0.4, -0.2) is 29.9 Å². The van der Waals surface area contributed by atoms with E-state index in [2.05, 4.69) is 4.74 Å². The van der Waals surface area contributed by atoms with Gasteiger partial charge in [0.25, 0.3) is 5.91 Å². The summed E-state index contributed by atoms with van der Waals surface area (Å²) in [4.78, 5) is 28.0. The predicted molar refractivity (Wildman–Crippen MR) is 61.6 cm³/mol. The molecule has 6 nitrogen and oxygen atoms in total. The van der Waals surface area contributed by atoms with Gasteiger partial charge >= 0.3 is 5.97 Å². The van der Waals surface area contributed by atoms with Crippen molar-refractivity contribution in [2.75, 3.05) is 12.2 Å². The molecule has 1 aromatic rings. The van der Waals surface area contributed by atoms with Crippen LogP contribution in [0.25, 0.3) is 0 Å². The maximum absolute atomic E-state index is 11.6. The van der Waals surface area contributed by atoms with Crippen molar-refractivity contribution in [1.82, 2.24) is 0 Å². The van der Waals surface area contributed by atoms with Crippen LogP contribution in [0.1, 0.15) is 23.7 Å². The summed E-state index contributed by atoms with van der Waals surface area (Å²) in [6.45, 7) is 1.41. The van der Waals surface area contributed by atoms with E-state index in [4.69, 9.17) is 4.84 Å². The van der Waals surface area contributed by atoms with Gasteiger partial charge in [-0.05, 0) is 31.2 Å². The normalized spacial score (nSPS) is 23.3. The molecule has 0 unspecified atom stereocenters. The first-order chi connectivity index (χ1) is 8.43. The fourth-order valence-corrected chi connectivity index (χ4v) is 1.68. The highest BCUT2D eigenvalue weighted by atomic mass is 16.8. The Kier molecular flexibility index (Phi) is 3.06. The van der Waals surface area contributed by atoms with Crippen LogP contribution in [0.3, 0.4) is 0 Å². The molecule has 1 saturated heterocycles. The quantitative estimate of drug-likeness (QED) is 0.788. The van der Waals surface area contributed by atoms with Crippen LogP contribution in [0.2, 0.25) is 0 Å². The molecule has 96 valence electrons. The molecule has 0 saturated carbocycles. The van der Waals surface area contributed by atoms with Gasteiger partial charge in [-0.3, -0.25) is 4.79 Å². The van der Waals surface area contributed by atoms with Gasteiger partial charge in [-0.25, -0.2) is 9.63 Å². The van der Waals surface area contributed by atoms with Crippen LogP contribution in [-0.2, 0) is 14.4 Å². The molecular weight excluding hydrogens is 238 g/mol. The van der Waals surface area contributed by atoms with Crippen LogP contribution in [0.5, 0.6) is 0 Å². The molecule has 2 rings (SSSR count). The second kappa shape index (κ2) is 4.40. The van der Waals surface area contributed by atoms with E-state index in [1.165, 1.54) is 26.2 Å². The van der Waals surface area contributed by atoms with Gasteiger partial charge in [0.2, 0.25) is 0 Å². The maximum atomic E-state index is 11.6. The number of carbonyl (C=O) groups is 2. The Hall–Kier alpha value is -1.92. The molecule has 1 fully saturated rings. The van der Waals surface area contributed by atoms with E-state index in [9.17, 15) is 14.7 Å². The molecule has 1 aliphatic heterocycles. The first-order valence-corrected chi connectivity index (χ1v) is 5.36. The summed E-state index contributed by atoms with van der Waals surface area (Å²) in [5.41, 5.74) is 0.824. The molecular formula is C12H13NO5. The first-order valence-electron chi connectivity index (χ1n) is 5.36. The van der Waals surface area contributed by atoms with Gasteiger partial charge in [-0.1, -0.05) is 0 Å². The zero-order valence-electron chi connectivity index (χ0n) is 10.0. The van der Waals surface area contributed by atoms with Crippen LogP contribution in [0, 0.1) is 0 Å². The van der Waals surface area contributed by atoms with Gasteiger partial charge in [-0.15, -0.1) is 0 Å². The number of amides is 1. The van der Waals surface area contributed by atoms with Gasteiger partial charge in [0.15, 0.2) is 5.79 Å². The molecule has 0 radical (unpaired) electrons. The Morgan fingerprint density at radius 2 is 2.06 bits per heavy atom. The summed E-state index contributed by atoms with van der Waals surface area (Å²) in [6, 6.07) is 6.13. The SMILES string of the molecule is COC(=O)c1ccc(N2O[C@@](C)(O)CC2=O)cc1. The Bertz CT molecular complexity index is 480. The molecule has 1 heterocycles. The van der Waals surface area contributed by atoms with Crippen molar-refractivity contribution >= 4 is 17.6 Å². The lowest BCUT2D eigenvalue weighted by Gasteiger charge is -2.18. The van der Waals surface area contributed by atoms with E-state index in [0.29, 0.717) is 11.3 Å². The Morgan fingerprint density at radius 1 is 1.44 bits per heavy atom. The largest absolute Gasteiger partial charge is 0.465 e. The number of nitrogens with zero attached hydrogens (tertiary/aromatic N) is 1. The average Bonchev–Trinajstić information content (AvgIpc) is 2.62. The maximum Gasteiger partial charge on any atom is 0.337 e. The number of hydrogen-bond donors (Lipinski definition) is 1. The molecule has 1 atom stereocenters. The summed E-state index contributed by atoms with van der Waals surface area (Å²) < 4.78 is 4.57. The van der Waals surface area contributed by atoms with Crippen molar-refractivity contribution in [2.45, 2.75) is 19.1 Å². The number of esters is 1. The molecule has 0 aliphatic carbocycles. The van der Waals surface area contributed by atoms with E-state index in [1.807, 2.05) is 0 Å². The third-order valence-corrected chi connectivity index (χ3v) is 2.52. The minimum Gasteiger partial charge on any atom is -0.465 e. The molecule has 0 spiro atoms. The number of ether oxygens (including phenoxy) is 1. The number of hydrogen-bond acceptors (Lipinski definition) is 5. The smallest absolute Gasteiger partial charge is 0.337 e. The van der Waals surface area contributed by atoms with Crippen molar-refractivity contribution in [1.29, 1.82) is 0 Å². The van der Waals surface area contributed by atoms with Gasteiger partial charge < -0.3 is 9.84 Å². The zero-order chi connectivity index (χ0) is 13.3. The molecule has 1 amide bonds. The van der Waals surface area contributed by atoms with Crippen LogP contribution >= 0.6 is 0 Å². The minimum absolute atomic E-state index is 0.105. The van der Waals surface area contributed by atoms with Crippen molar-refractivity contribution in [2.24, 2.45) is 0 Å². The lowest BCUT2D eigenvalue weighted by molar-refractivity contribution is -0.163. The summed E-state index contributed by atoms with van der Waals surface area (Å²) in [5, 5.41) is 10.6. The summed E-state index contributed by atoms with van der Waals surface area (Å²) in [5.74, 6) is -2.29. The minimum atomic E-state index is -1.49. The van der Waals surface area contributed by atoms with Crippen molar-refractivity contribution < 1.29 is 24.3 Å². The highest BCUT2D eigenvalue weighted by molar-refractivity contribution is 5.94. The second-order valence-electron chi connectivity index (χ2n) is 4.17. The summed E-state index contributed by atoms with van der Waals surface area (Å²) in [7, 11) is 1.29. The van der Waals surface area contributed by atoms with Gasteiger partial charge in [0.1, 0.15) is 0 Å². The molecule has 1 N–H and O–H groups in total. The highest BCUT2D eigenvalue weighted by Crippen LogP contribution is 2.29. The summed E-state index contributed by atoms with van der Waals surface area (Å²) >= 11 is 0. The molecule has 6 heteroatoms. The van der Waals surface area contributed by atoms with E-state index in [0.717, 1.165) is 5.06 Å². The number of methoxy groups -OCH3 is 1. The van der Waals surface area contributed by atoms with Gasteiger partial charge in [-0.2, -0.15) is 5.06 Å². The van der Waals surface area contributed by atoms with E-state index in [1.54, 1.807) is 12.1 Å². The predicted octanol–water partition coefficient (Wildman–Crippen LogP) is 0.850. The van der Waals surface area contributed by atoms with E-state index >= 15 is 0 Å². The Morgan fingerprint density at radius 3 is 2.50 bits per heavy atom. The third kappa shape index (κ3) is 2.34. The van der Waals surface area contributed by atoms with Crippen LogP contribution in [0.15, 0.2) is 24.3 Å². The zero-order valence-corrected chi connectivity index (χ0v) is 10.0. The van der Waals surface area contributed by atoms with Crippen molar-refractivity contribution in [3.05, 3.63) is 29.8 Å². The number of benzene rings is 1. The monoisotopic (exact) mass is 251 g/mol. The van der Waals surface area contributed by atoms with Crippen LogP contribution in [0.4, 0.5) is 5.69 Å². The fourth-order valence-electron chi connectivity index (χ4n) is 1.68. The third-order valence-electron chi connectivity index (χ3n) is 2.52. The lowest BCUT2D eigenvalue weighted by Crippen LogP contribution is -2.27. The first kappa shape index (κ1) is 12.5. The fraction of sp³-hybridized carbons (Fsp3) is 0.333.